The summed E-state index contributed by atoms with van der Waals surface area (Å²) in [7, 11) is 0. The zero-order valence-electron chi connectivity index (χ0n) is 3.94. The highest BCUT2D eigenvalue weighted by molar-refractivity contribution is 5.78. The van der Waals surface area contributed by atoms with Gasteiger partial charge in [0.25, 0.3) is 0 Å². The number of aliphatic imine (C=N–C) groups is 1. The van der Waals surface area contributed by atoms with Crippen LogP contribution in [0.2, 0.25) is 0 Å². The van der Waals surface area contributed by atoms with E-state index in [0.717, 1.165) is 0 Å². The molecule has 0 saturated heterocycles. The fraction of sp³-hybridized carbons (Fsp3) is 0.333. The van der Waals surface area contributed by atoms with Crippen molar-refractivity contribution < 1.29 is 0 Å². The molecule has 1 N–H and O–H groups in total. The lowest BCUT2D eigenvalue weighted by molar-refractivity contribution is 0.881. The number of aromatic amines is 1. The highest BCUT2D eigenvalue weighted by Crippen LogP contribution is 2.17. The first-order chi connectivity index (χ1) is 3.97. The standard InChI is InChI=1S/C3H3N5/c1-2(4-1)3-5-7-8-6-3/h1-2H,(H,5,6,7,8). The molecule has 1 atom stereocenters. The topological polar surface area (TPSA) is 66.8 Å². The molecule has 1 aromatic heterocycles. The van der Waals surface area contributed by atoms with Gasteiger partial charge in [-0.05, 0) is 0 Å². The molecule has 8 heavy (non-hydrogen) atoms. The molecular formula is C3H3N5. The zero-order chi connectivity index (χ0) is 5.40. The van der Waals surface area contributed by atoms with Crippen LogP contribution < -0.4 is 0 Å². The van der Waals surface area contributed by atoms with E-state index in [0.29, 0.717) is 5.82 Å². The number of tetrazole rings is 1. The summed E-state index contributed by atoms with van der Waals surface area (Å²) in [5.74, 6) is 0.657. The maximum absolute atomic E-state index is 3.83. The Morgan fingerprint density at radius 2 is 2.50 bits per heavy atom. The van der Waals surface area contributed by atoms with Gasteiger partial charge in [0.1, 0.15) is 6.04 Å². The van der Waals surface area contributed by atoms with Crippen LogP contribution in [0.1, 0.15) is 11.9 Å². The number of rotatable bonds is 1. The van der Waals surface area contributed by atoms with Crippen molar-refractivity contribution in [3.63, 3.8) is 0 Å². The fourth-order valence-electron chi connectivity index (χ4n) is 0.471. The van der Waals surface area contributed by atoms with Crippen LogP contribution in [0, 0.1) is 0 Å². The minimum absolute atomic E-state index is 0.119. The van der Waals surface area contributed by atoms with E-state index in [-0.39, 0.29) is 6.04 Å². The van der Waals surface area contributed by atoms with Gasteiger partial charge < -0.3 is 0 Å². The van der Waals surface area contributed by atoms with Gasteiger partial charge in [0.2, 0.25) is 5.82 Å². The maximum atomic E-state index is 3.83. The van der Waals surface area contributed by atoms with E-state index >= 15 is 0 Å². The third kappa shape index (κ3) is 0.408. The number of hydrogen-bond acceptors (Lipinski definition) is 4. The van der Waals surface area contributed by atoms with Crippen molar-refractivity contribution in [2.75, 3.05) is 0 Å². The van der Waals surface area contributed by atoms with Gasteiger partial charge in [0.05, 0.1) is 0 Å². The summed E-state index contributed by atoms with van der Waals surface area (Å²) in [6.07, 6.45) is 1.77. The Morgan fingerprint density at radius 1 is 1.62 bits per heavy atom. The van der Waals surface area contributed by atoms with Crippen LogP contribution in [-0.2, 0) is 0 Å². The summed E-state index contributed by atoms with van der Waals surface area (Å²) in [5, 5.41) is 13.1. The highest BCUT2D eigenvalue weighted by atomic mass is 15.5. The van der Waals surface area contributed by atoms with Crippen LogP contribution in [0.4, 0.5) is 0 Å². The third-order valence-corrected chi connectivity index (χ3v) is 0.924. The van der Waals surface area contributed by atoms with Gasteiger partial charge >= 0.3 is 0 Å². The fourth-order valence-corrected chi connectivity index (χ4v) is 0.471. The van der Waals surface area contributed by atoms with Crippen LogP contribution >= 0.6 is 0 Å². The van der Waals surface area contributed by atoms with Crippen molar-refractivity contribution in [1.82, 2.24) is 20.6 Å². The van der Waals surface area contributed by atoms with Crippen molar-refractivity contribution in [1.29, 1.82) is 0 Å². The second kappa shape index (κ2) is 1.12. The van der Waals surface area contributed by atoms with Gasteiger partial charge in [-0.2, -0.15) is 5.21 Å². The molecule has 0 radical (unpaired) electrons. The number of nitrogens with zero attached hydrogens (tertiary/aromatic N) is 4. The summed E-state index contributed by atoms with van der Waals surface area (Å²) in [6, 6.07) is 0.119. The molecule has 5 heteroatoms. The van der Waals surface area contributed by atoms with Crippen molar-refractivity contribution in [3.05, 3.63) is 5.82 Å². The van der Waals surface area contributed by atoms with Gasteiger partial charge in [-0.3, -0.25) is 4.99 Å². The molecule has 1 aliphatic rings. The monoisotopic (exact) mass is 109 g/mol. The normalized spacial score (nSPS) is 23.8. The molecule has 0 aliphatic carbocycles. The predicted octanol–water partition coefficient (Wildman–Crippen LogP) is -0.675. The second-order valence-corrected chi connectivity index (χ2v) is 1.51. The molecule has 0 aromatic carbocycles. The second-order valence-electron chi connectivity index (χ2n) is 1.51. The van der Waals surface area contributed by atoms with E-state index in [1.54, 1.807) is 6.21 Å². The van der Waals surface area contributed by atoms with Gasteiger partial charge in [0, 0.05) is 6.21 Å². The number of hydrogen-bond donors (Lipinski definition) is 1. The summed E-state index contributed by atoms with van der Waals surface area (Å²) in [6.45, 7) is 0. The first-order valence-corrected chi connectivity index (χ1v) is 2.23. The molecule has 0 bridgehead atoms. The van der Waals surface area contributed by atoms with Gasteiger partial charge in [-0.15, -0.1) is 10.2 Å². The molecule has 40 valence electrons. The van der Waals surface area contributed by atoms with Crippen LogP contribution in [0.25, 0.3) is 0 Å². The third-order valence-electron chi connectivity index (χ3n) is 0.924. The Hall–Kier alpha value is -1.26. The molecule has 5 nitrogen and oxygen atoms in total. The SMILES string of the molecule is C1=NC1c1nn[nH]n1. The minimum Gasteiger partial charge on any atom is -0.277 e. The number of nitrogens with one attached hydrogen (secondary N) is 1. The molecule has 0 spiro atoms. The molecule has 2 rings (SSSR count). The lowest BCUT2D eigenvalue weighted by Crippen LogP contribution is -1.83. The zero-order valence-corrected chi connectivity index (χ0v) is 3.94. The number of aromatic nitrogens is 4. The molecule has 2 heterocycles. The lowest BCUT2D eigenvalue weighted by Gasteiger charge is -1.75. The Bertz CT molecular complexity index is 193. The summed E-state index contributed by atoms with van der Waals surface area (Å²) in [4.78, 5) is 3.83. The van der Waals surface area contributed by atoms with E-state index in [1.165, 1.54) is 0 Å². The lowest BCUT2D eigenvalue weighted by atomic mass is 10.4. The van der Waals surface area contributed by atoms with Crippen LogP contribution in [-0.4, -0.2) is 26.8 Å². The highest BCUT2D eigenvalue weighted by Gasteiger charge is 2.19. The molecule has 1 unspecified atom stereocenters. The van der Waals surface area contributed by atoms with E-state index in [9.17, 15) is 0 Å². The van der Waals surface area contributed by atoms with Crippen molar-refractivity contribution in [2.24, 2.45) is 4.99 Å². The summed E-state index contributed by atoms with van der Waals surface area (Å²) < 4.78 is 0. The van der Waals surface area contributed by atoms with Gasteiger partial charge in [-0.25, -0.2) is 0 Å². The Balaban J connectivity index is 2.29. The quantitative estimate of drug-likeness (QED) is 0.519. The predicted molar refractivity (Wildman–Crippen MR) is 25.4 cm³/mol. The molecular weight excluding hydrogens is 106 g/mol. The molecule has 1 aliphatic heterocycles. The Labute approximate surface area is 44.8 Å². The first kappa shape index (κ1) is 3.71. The smallest absolute Gasteiger partial charge is 0.204 e. The van der Waals surface area contributed by atoms with Crippen molar-refractivity contribution >= 4 is 6.21 Å². The molecule has 0 fully saturated rings. The van der Waals surface area contributed by atoms with E-state index < -0.39 is 0 Å². The molecule has 0 amide bonds. The van der Waals surface area contributed by atoms with Gasteiger partial charge in [0.15, 0.2) is 0 Å². The average molecular weight is 109 g/mol. The molecule has 1 aromatic rings. The van der Waals surface area contributed by atoms with Crippen molar-refractivity contribution in [3.8, 4) is 0 Å². The first-order valence-electron chi connectivity index (χ1n) is 2.23. The van der Waals surface area contributed by atoms with Gasteiger partial charge in [-0.1, -0.05) is 5.21 Å². The maximum Gasteiger partial charge on any atom is 0.204 e. The Kier molecular flexibility index (Phi) is 0.518. The number of H-pyrrole nitrogens is 1. The van der Waals surface area contributed by atoms with Crippen LogP contribution in [0.15, 0.2) is 4.99 Å². The summed E-state index contributed by atoms with van der Waals surface area (Å²) >= 11 is 0. The van der Waals surface area contributed by atoms with Crippen molar-refractivity contribution in [2.45, 2.75) is 6.04 Å². The Morgan fingerprint density at radius 3 is 3.00 bits per heavy atom. The van der Waals surface area contributed by atoms with Crippen LogP contribution in [0.5, 0.6) is 0 Å². The average Bonchev–Trinajstić information content (AvgIpc) is 2.49. The van der Waals surface area contributed by atoms with Crippen LogP contribution in [0.3, 0.4) is 0 Å². The van der Waals surface area contributed by atoms with E-state index in [2.05, 4.69) is 25.6 Å². The molecule has 0 saturated carbocycles. The largest absolute Gasteiger partial charge is 0.277 e. The minimum atomic E-state index is 0.119. The van der Waals surface area contributed by atoms with E-state index in [1.807, 2.05) is 0 Å². The summed E-state index contributed by atoms with van der Waals surface area (Å²) in [5.41, 5.74) is 0. The van der Waals surface area contributed by atoms with E-state index in [4.69, 9.17) is 0 Å².